The predicted octanol–water partition coefficient (Wildman–Crippen LogP) is 2.00. The molecule has 6 heteroatoms. The van der Waals surface area contributed by atoms with Crippen molar-refractivity contribution in [3.63, 3.8) is 0 Å². The second kappa shape index (κ2) is 4.61. The summed E-state index contributed by atoms with van der Waals surface area (Å²) < 4.78 is 41.7. The predicted molar refractivity (Wildman–Crippen MR) is 51.6 cm³/mol. The van der Waals surface area contributed by atoms with Gasteiger partial charge in [-0.05, 0) is 25.7 Å². The van der Waals surface area contributed by atoms with Gasteiger partial charge < -0.3 is 10.5 Å². The van der Waals surface area contributed by atoms with Gasteiger partial charge in [-0.2, -0.15) is 13.2 Å². The fraction of sp³-hybridized carbons (Fsp3) is 0.900. The van der Waals surface area contributed by atoms with Gasteiger partial charge in [0.1, 0.15) is 0 Å². The average Bonchev–Trinajstić information content (AvgIpc) is 2.64. The van der Waals surface area contributed by atoms with E-state index in [-0.39, 0.29) is 12.5 Å². The molecule has 1 fully saturated rings. The third-order valence-corrected chi connectivity index (χ3v) is 2.94. The molecule has 0 radical (unpaired) electrons. The zero-order valence-corrected chi connectivity index (χ0v) is 9.14. The molecule has 2 N–H and O–H groups in total. The summed E-state index contributed by atoms with van der Waals surface area (Å²) in [5.74, 6) is -1.21. The monoisotopic (exact) mass is 239 g/mol. The molecule has 0 bridgehead atoms. The van der Waals surface area contributed by atoms with Crippen LogP contribution in [0.4, 0.5) is 13.2 Å². The highest BCUT2D eigenvalue weighted by Gasteiger charge is 2.55. The minimum absolute atomic E-state index is 0.0434. The largest absolute Gasteiger partial charge is 0.464 e. The normalized spacial score (nSPS) is 21.8. The lowest BCUT2D eigenvalue weighted by atomic mass is 10.0. The fourth-order valence-electron chi connectivity index (χ4n) is 1.64. The van der Waals surface area contributed by atoms with Crippen LogP contribution in [0.15, 0.2) is 0 Å². The van der Waals surface area contributed by atoms with Gasteiger partial charge in [0, 0.05) is 0 Å². The quantitative estimate of drug-likeness (QED) is 0.766. The van der Waals surface area contributed by atoms with Crippen molar-refractivity contribution in [2.75, 3.05) is 6.61 Å². The van der Waals surface area contributed by atoms with E-state index in [9.17, 15) is 18.0 Å². The van der Waals surface area contributed by atoms with Crippen LogP contribution in [0.25, 0.3) is 0 Å². The number of carbonyl (C=O) groups excluding carboxylic acids is 1. The number of alkyl halides is 3. The van der Waals surface area contributed by atoms with E-state index < -0.39 is 17.7 Å². The summed E-state index contributed by atoms with van der Waals surface area (Å²) in [6, 6.07) is 0. The number of ether oxygens (including phenoxy) is 1. The molecule has 16 heavy (non-hydrogen) atoms. The van der Waals surface area contributed by atoms with Gasteiger partial charge in [-0.1, -0.05) is 12.8 Å². The van der Waals surface area contributed by atoms with E-state index in [1.807, 2.05) is 0 Å². The van der Waals surface area contributed by atoms with Gasteiger partial charge >= 0.3 is 12.1 Å². The van der Waals surface area contributed by atoms with Crippen LogP contribution < -0.4 is 5.73 Å². The number of halogens is 3. The van der Waals surface area contributed by atoms with Crippen molar-refractivity contribution in [1.29, 1.82) is 0 Å². The first kappa shape index (κ1) is 13.3. The van der Waals surface area contributed by atoms with E-state index in [2.05, 4.69) is 4.74 Å². The first-order valence-corrected chi connectivity index (χ1v) is 5.28. The molecule has 1 rings (SSSR count). The Morgan fingerprint density at radius 2 is 1.88 bits per heavy atom. The zero-order chi connectivity index (χ0) is 12.4. The van der Waals surface area contributed by atoms with Crippen LogP contribution >= 0.6 is 0 Å². The second-order valence-electron chi connectivity index (χ2n) is 4.45. The Morgan fingerprint density at radius 1 is 1.38 bits per heavy atom. The van der Waals surface area contributed by atoms with Crippen molar-refractivity contribution in [3.05, 3.63) is 0 Å². The molecule has 0 aromatic rings. The molecule has 0 aromatic heterocycles. The van der Waals surface area contributed by atoms with Crippen LogP contribution in [0.5, 0.6) is 0 Å². The van der Waals surface area contributed by atoms with Crippen molar-refractivity contribution in [3.8, 4) is 0 Å². The zero-order valence-electron chi connectivity index (χ0n) is 9.14. The molecule has 0 saturated heterocycles. The molecule has 1 unspecified atom stereocenters. The third-order valence-electron chi connectivity index (χ3n) is 2.94. The molecule has 0 aliphatic heterocycles. The first-order chi connectivity index (χ1) is 7.25. The van der Waals surface area contributed by atoms with Crippen LogP contribution in [0.2, 0.25) is 0 Å². The Morgan fingerprint density at radius 3 is 2.31 bits per heavy atom. The van der Waals surface area contributed by atoms with E-state index in [1.165, 1.54) is 0 Å². The van der Waals surface area contributed by atoms with Gasteiger partial charge in [0.2, 0.25) is 5.54 Å². The van der Waals surface area contributed by atoms with Crippen LogP contribution in [0.1, 0.15) is 32.6 Å². The highest BCUT2D eigenvalue weighted by Crippen LogP contribution is 2.30. The van der Waals surface area contributed by atoms with Crippen molar-refractivity contribution in [2.24, 2.45) is 11.7 Å². The van der Waals surface area contributed by atoms with Crippen LogP contribution in [-0.4, -0.2) is 24.3 Å². The van der Waals surface area contributed by atoms with Crippen LogP contribution in [0.3, 0.4) is 0 Å². The molecule has 3 nitrogen and oxygen atoms in total. The average molecular weight is 239 g/mol. The van der Waals surface area contributed by atoms with Gasteiger partial charge in [-0.15, -0.1) is 0 Å². The number of hydrogen-bond acceptors (Lipinski definition) is 3. The van der Waals surface area contributed by atoms with E-state index in [4.69, 9.17) is 5.73 Å². The minimum Gasteiger partial charge on any atom is -0.464 e. The topological polar surface area (TPSA) is 52.3 Å². The molecule has 0 amide bonds. The molecule has 1 saturated carbocycles. The Labute approximate surface area is 92.1 Å². The maximum Gasteiger partial charge on any atom is 0.416 e. The second-order valence-corrected chi connectivity index (χ2v) is 4.45. The highest BCUT2D eigenvalue weighted by molar-refractivity contribution is 5.81. The highest BCUT2D eigenvalue weighted by atomic mass is 19.4. The minimum atomic E-state index is -4.78. The van der Waals surface area contributed by atoms with E-state index >= 15 is 0 Å². The Kier molecular flexibility index (Phi) is 3.83. The molecule has 1 atom stereocenters. The summed E-state index contributed by atoms with van der Waals surface area (Å²) >= 11 is 0. The van der Waals surface area contributed by atoms with Gasteiger partial charge in [0.05, 0.1) is 6.61 Å². The molecular weight excluding hydrogens is 223 g/mol. The number of rotatable bonds is 3. The summed E-state index contributed by atoms with van der Waals surface area (Å²) in [4.78, 5) is 11.2. The number of hydrogen-bond donors (Lipinski definition) is 1. The van der Waals surface area contributed by atoms with Gasteiger partial charge in [0.15, 0.2) is 0 Å². The van der Waals surface area contributed by atoms with Gasteiger partial charge in [-0.3, -0.25) is 0 Å². The molecule has 1 aliphatic carbocycles. The first-order valence-electron chi connectivity index (χ1n) is 5.28. The summed E-state index contributed by atoms with van der Waals surface area (Å²) in [5, 5.41) is 0. The summed E-state index contributed by atoms with van der Waals surface area (Å²) in [6.45, 7) is 0.672. The molecule has 94 valence electrons. The molecule has 0 spiro atoms. The van der Waals surface area contributed by atoms with Gasteiger partial charge in [-0.25, -0.2) is 4.79 Å². The maximum atomic E-state index is 12.4. The Hall–Kier alpha value is -0.780. The molecule has 0 aromatic carbocycles. The Balaban J connectivity index is 2.45. The van der Waals surface area contributed by atoms with Gasteiger partial charge in [0.25, 0.3) is 0 Å². The number of carbonyl (C=O) groups is 1. The van der Waals surface area contributed by atoms with Crippen molar-refractivity contribution >= 4 is 5.97 Å². The van der Waals surface area contributed by atoms with Crippen LogP contribution in [-0.2, 0) is 9.53 Å². The van der Waals surface area contributed by atoms with Crippen molar-refractivity contribution < 1.29 is 22.7 Å². The smallest absolute Gasteiger partial charge is 0.416 e. The van der Waals surface area contributed by atoms with E-state index in [0.717, 1.165) is 25.7 Å². The Bertz CT molecular complexity index is 257. The summed E-state index contributed by atoms with van der Waals surface area (Å²) in [5.41, 5.74) is 2.01. The van der Waals surface area contributed by atoms with E-state index in [0.29, 0.717) is 6.92 Å². The maximum absolute atomic E-state index is 12.4. The molecule has 1 aliphatic rings. The van der Waals surface area contributed by atoms with E-state index in [1.54, 1.807) is 0 Å². The summed E-state index contributed by atoms with van der Waals surface area (Å²) in [7, 11) is 0. The van der Waals surface area contributed by atoms with Crippen LogP contribution in [0, 0.1) is 5.92 Å². The lowest BCUT2D eigenvalue weighted by molar-refractivity contribution is -0.202. The fourth-order valence-corrected chi connectivity index (χ4v) is 1.64. The molecular formula is C10H16F3NO2. The lowest BCUT2D eigenvalue weighted by Crippen LogP contribution is -2.58. The third kappa shape index (κ3) is 2.87. The number of esters is 1. The van der Waals surface area contributed by atoms with Crippen molar-refractivity contribution in [1.82, 2.24) is 0 Å². The standard InChI is InChI=1S/C10H16F3NO2/c1-9(14,10(11,12)13)8(15)16-6-7-4-2-3-5-7/h7H,2-6,14H2,1H3. The lowest BCUT2D eigenvalue weighted by Gasteiger charge is -2.25. The SMILES string of the molecule is CC(N)(C(=O)OCC1CCCC1)C(F)(F)F. The molecule has 0 heterocycles. The summed E-state index contributed by atoms with van der Waals surface area (Å²) in [6.07, 6.45) is -0.885. The number of nitrogens with two attached hydrogens (primary N) is 1. The van der Waals surface area contributed by atoms with Crippen molar-refractivity contribution in [2.45, 2.75) is 44.3 Å².